The van der Waals surface area contributed by atoms with Crippen molar-refractivity contribution in [1.29, 1.82) is 0 Å². The molecule has 18 heterocycles. The number of nitrogens with zero attached hydrogens (tertiary/aromatic N) is 19. The number of aldehydes is 1. The maximum Gasteiger partial charge on any atom is 0.272 e. The number of aliphatic hydroxyl groups is 2. The molecule has 144 heavy (non-hydrogen) atoms. The SMILES string of the molecule is COC(OC)c1cnc(-c2cc3nccc(Oc4ccc([N+](=O)[O-])cc4F)c3s2)n1C.Clc1ccnc2ccsc12.Cn1c(C2OCCCO2)cnc1-c1cc2nccc(Cl)c2s1.Cn1c(C2OCCCO2)cnc1-c1cc2nccc(Oc3ccc([N+](=O)[O-])cc3F)c2s1.Cn1c(C2OCCCO2)cnc1I.Cn1cncc1C1OCCCO1.Cn1cncc1C=O.O=[N+]([O-])c1ccc(O)c(F)c1.OCCCO. The van der Waals surface area contributed by atoms with Crippen molar-refractivity contribution in [2.24, 2.45) is 42.3 Å². The molecule has 0 atom stereocenters. The quantitative estimate of drug-likeness (QED) is 0.0210. The lowest BCUT2D eigenvalue weighted by Gasteiger charge is -2.23. The molecule has 17 aromatic rings. The molecular weight excluding hydrogens is 2120 g/mol. The lowest BCUT2D eigenvalue weighted by Crippen LogP contribution is -2.19. The zero-order valence-electron chi connectivity index (χ0n) is 77.9. The molecule has 0 radical (unpaired) electrons. The number of rotatable bonds is 20. The van der Waals surface area contributed by atoms with Crippen molar-refractivity contribution >= 4 is 155 Å². The highest BCUT2D eigenvalue weighted by molar-refractivity contribution is 14.1. The van der Waals surface area contributed by atoms with Crippen LogP contribution in [0.4, 0.5) is 30.2 Å². The highest BCUT2D eigenvalue weighted by atomic mass is 127. The van der Waals surface area contributed by atoms with Gasteiger partial charge in [0.25, 0.3) is 17.1 Å². The number of pyridine rings is 4. The molecular formula is C93H93Cl2F3IN19O22S4. The van der Waals surface area contributed by atoms with Crippen LogP contribution in [0.1, 0.15) is 103 Å². The van der Waals surface area contributed by atoms with Gasteiger partial charge >= 0.3 is 0 Å². The fourth-order valence-corrected chi connectivity index (χ4v) is 18.6. The van der Waals surface area contributed by atoms with E-state index >= 15 is 0 Å². The standard InChI is InChI=1S/C21H17FN4O5S.C20H17FN4O5S.C15H14ClN3O2S.C8H11IN2O2.C8H12N2O2.C7H4ClNS.C6H4FNO3.C5H6N2O.C3H8O2/c1-25-15(21-29-7-2-8-30-21)11-24-20(25)18-10-14-19(32-18)17(5-6-23-14)31-16-4-3-12(26(27)28)9-13(16)22;1-24-14(20(28-2)29-3)10-23-19(24)17-9-13-18(31-17)16(6-7-22-13)30-15-5-4-11(25(26)27)8-12(15)21;1-19-11(15-20-5-2-6-21-15)8-18-14(19)12-7-10-13(22-12)9(16)3-4-17-10;1-11-6(5-10-8(11)9)7-12-3-2-4-13-7;1-10-6-9-5-7(10)8-11-3-2-4-12-8;8-5-1-3-9-6-2-4-10-7(5)6;7-5-3-4(8(10)11)1-2-6(5)9;1-7-4-6-2-5(7)3-8;4-2-1-3-5/h3-6,9-11,21H,2,7-8H2,1H3;4-10,20H,1-3H3;3-4,7-8,15H,2,5-6H2,1H3;5,7H,2-4H2,1H3;5-6,8H,2-4H2,1H3;1-4H;1-3,9H;2-4H,1H3;4-5H,1-3H2. The Morgan fingerprint density at radius 2 is 0.847 bits per heavy atom. The first-order valence-corrected chi connectivity index (χ1v) is 48.7. The Kier molecular flexibility index (Phi) is 39.7. The predicted octanol–water partition coefficient (Wildman–Crippen LogP) is 19.9. The summed E-state index contributed by atoms with van der Waals surface area (Å²) >= 11 is 20.3. The van der Waals surface area contributed by atoms with Gasteiger partial charge in [0.2, 0.25) is 25.2 Å². The lowest BCUT2D eigenvalue weighted by molar-refractivity contribution is -0.385. The first-order chi connectivity index (χ1) is 69.6. The number of methoxy groups -OCH3 is 2. The average Bonchev–Trinajstić information content (AvgIpc) is 1.62. The van der Waals surface area contributed by atoms with E-state index < -0.39 is 50.6 Å². The maximum atomic E-state index is 14.3. The van der Waals surface area contributed by atoms with Crippen molar-refractivity contribution in [3.8, 4) is 60.9 Å². The molecule has 758 valence electrons. The van der Waals surface area contributed by atoms with Crippen LogP contribution < -0.4 is 9.47 Å². The average molecular weight is 2210 g/mol. The molecule has 0 amide bonds. The Bertz CT molecular complexity index is 7170. The summed E-state index contributed by atoms with van der Waals surface area (Å²) in [5, 5.41) is 59.6. The fraction of sp³-hybridized carbons (Fsp3) is 0.301. The highest BCUT2D eigenvalue weighted by Gasteiger charge is 2.29. The van der Waals surface area contributed by atoms with E-state index in [9.17, 15) is 48.3 Å². The highest BCUT2D eigenvalue weighted by Crippen LogP contribution is 2.44. The van der Waals surface area contributed by atoms with Gasteiger partial charge in [0.15, 0.2) is 51.1 Å². The molecule has 3 aromatic carbocycles. The number of aromatic nitrogens is 16. The van der Waals surface area contributed by atoms with Gasteiger partial charge in [-0.15, -0.1) is 45.3 Å². The molecule has 21 rings (SSSR count). The molecule has 4 saturated heterocycles. The number of carbonyl (C=O) groups is 1. The van der Waals surface area contributed by atoms with Crippen molar-refractivity contribution in [2.75, 3.05) is 80.3 Å². The topological polar surface area (TPSA) is 476 Å². The molecule has 4 fully saturated rings. The summed E-state index contributed by atoms with van der Waals surface area (Å²) in [4.78, 5) is 85.0. The number of halogens is 6. The predicted molar refractivity (Wildman–Crippen MR) is 536 cm³/mol. The largest absolute Gasteiger partial charge is 0.505 e. The van der Waals surface area contributed by atoms with Crippen LogP contribution in [0, 0.1) is 51.6 Å². The number of nitro groups is 3. The smallest absolute Gasteiger partial charge is 0.272 e. The van der Waals surface area contributed by atoms with Gasteiger partial charge in [-0.25, -0.2) is 43.1 Å². The van der Waals surface area contributed by atoms with Crippen LogP contribution in [-0.2, 0) is 89.7 Å². The van der Waals surface area contributed by atoms with Crippen LogP contribution in [0.2, 0.25) is 10.0 Å². The number of aryl methyl sites for hydroxylation is 2. The number of phenolic OH excluding ortho intramolecular Hbond substituents is 1. The third-order valence-electron chi connectivity index (χ3n) is 21.0. The van der Waals surface area contributed by atoms with E-state index in [-0.39, 0.29) is 60.6 Å². The number of hydrogen-bond donors (Lipinski definition) is 3. The first-order valence-electron chi connectivity index (χ1n) is 43.5. The molecule has 0 aliphatic carbocycles. The van der Waals surface area contributed by atoms with Gasteiger partial charge in [0.1, 0.15) is 34.7 Å². The van der Waals surface area contributed by atoms with Gasteiger partial charge in [-0.3, -0.25) is 55.1 Å². The van der Waals surface area contributed by atoms with Crippen LogP contribution in [-0.4, -0.2) is 194 Å². The summed E-state index contributed by atoms with van der Waals surface area (Å²) in [5.74, 6) is -0.391. The van der Waals surface area contributed by atoms with Crippen molar-refractivity contribution in [1.82, 2.24) is 77.2 Å². The minimum atomic E-state index is -0.987. The number of phenols is 1. The van der Waals surface area contributed by atoms with Gasteiger partial charge < -0.3 is 99.6 Å². The second kappa shape index (κ2) is 52.7. The molecule has 14 aromatic heterocycles. The summed E-state index contributed by atoms with van der Waals surface area (Å²) < 4.78 is 123. The second-order valence-electron chi connectivity index (χ2n) is 30.7. The Balaban J connectivity index is 0.000000143. The molecule has 41 nitrogen and oxygen atoms in total. The zero-order valence-corrected chi connectivity index (χ0v) is 84.8. The Morgan fingerprint density at radius 1 is 0.458 bits per heavy atom. The monoisotopic (exact) mass is 2210 g/mol. The van der Waals surface area contributed by atoms with Crippen molar-refractivity contribution in [3.63, 3.8) is 0 Å². The number of ether oxygens (including phenoxy) is 12. The lowest BCUT2D eigenvalue weighted by atomic mass is 10.3. The summed E-state index contributed by atoms with van der Waals surface area (Å²) in [6, 6.07) is 23.7. The van der Waals surface area contributed by atoms with Crippen molar-refractivity contribution in [2.45, 2.75) is 63.6 Å². The summed E-state index contributed by atoms with van der Waals surface area (Å²) in [6.07, 6.45) is 23.4. The number of fused-ring (bicyclic) bond motifs is 4. The number of aromatic hydroxyl groups is 1. The fourth-order valence-electron chi connectivity index (χ4n) is 13.6. The van der Waals surface area contributed by atoms with Gasteiger partial charge in [0.05, 0.1) is 230 Å². The Hall–Kier alpha value is -12.7. The third kappa shape index (κ3) is 27.9. The van der Waals surface area contributed by atoms with E-state index in [1.165, 1.54) is 53.1 Å². The zero-order chi connectivity index (χ0) is 103. The van der Waals surface area contributed by atoms with E-state index in [4.69, 9.17) is 95.4 Å². The van der Waals surface area contributed by atoms with Crippen LogP contribution >= 0.6 is 91.1 Å². The molecule has 0 unspecified atom stereocenters. The molecule has 3 N–H and O–H groups in total. The molecule has 0 saturated carbocycles. The molecule has 0 bridgehead atoms. The van der Waals surface area contributed by atoms with E-state index in [0.717, 1.165) is 166 Å². The number of thiophene rings is 4. The number of benzene rings is 3. The maximum absolute atomic E-state index is 14.3. The number of hydrogen-bond acceptors (Lipinski definition) is 36. The molecule has 4 aliphatic rings. The number of imidazole rings is 6. The second-order valence-corrected chi connectivity index (χ2v) is 36.5. The van der Waals surface area contributed by atoms with Crippen molar-refractivity contribution < 1.29 is 105 Å². The molecule has 0 spiro atoms. The number of aliphatic hydroxyl groups excluding tert-OH is 2. The summed E-state index contributed by atoms with van der Waals surface area (Å²) in [7, 11) is 14.5. The first kappa shape index (κ1) is 109. The van der Waals surface area contributed by atoms with Gasteiger partial charge in [0, 0.05) is 125 Å². The van der Waals surface area contributed by atoms with Crippen LogP contribution in [0.25, 0.3) is 73.0 Å². The van der Waals surface area contributed by atoms with E-state index in [1.807, 2.05) is 93.9 Å². The van der Waals surface area contributed by atoms with E-state index in [2.05, 4.69) is 72.4 Å². The van der Waals surface area contributed by atoms with Crippen LogP contribution in [0.15, 0.2) is 183 Å². The minimum absolute atomic E-state index is 0.0938. The van der Waals surface area contributed by atoms with E-state index in [0.29, 0.717) is 88.2 Å². The van der Waals surface area contributed by atoms with Gasteiger partial charge in [-0.05, 0) is 115 Å². The third-order valence-corrected chi connectivity index (χ3v) is 27.3. The summed E-state index contributed by atoms with van der Waals surface area (Å²) in [5.41, 5.74) is 7.18. The summed E-state index contributed by atoms with van der Waals surface area (Å²) in [6.45, 7) is 5.98. The molecule has 4 aliphatic heterocycles. The molecule has 51 heteroatoms. The number of non-ortho nitro benzene ring substituents is 3. The van der Waals surface area contributed by atoms with E-state index in [1.54, 1.807) is 135 Å². The number of carbonyl (C=O) groups excluding carboxylic acids is 1. The Morgan fingerprint density at radius 3 is 1.22 bits per heavy atom. The normalized spacial score (nSPS) is 13.9. The Labute approximate surface area is 857 Å². The van der Waals surface area contributed by atoms with Crippen LogP contribution in [0.3, 0.4) is 0 Å². The van der Waals surface area contributed by atoms with Crippen molar-refractivity contribution in [3.05, 3.63) is 279 Å². The van der Waals surface area contributed by atoms with Gasteiger partial charge in [-0.2, -0.15) is 0 Å². The minimum Gasteiger partial charge on any atom is -0.505 e. The number of nitro benzene ring substituents is 3. The van der Waals surface area contributed by atoms with Gasteiger partial charge in [-0.1, -0.05) is 23.2 Å². The van der Waals surface area contributed by atoms with Crippen LogP contribution in [0.5, 0.6) is 28.7 Å².